The van der Waals surface area contributed by atoms with E-state index < -0.39 is 0 Å². The maximum Gasteiger partial charge on any atom is 0.243 e. The van der Waals surface area contributed by atoms with Gasteiger partial charge in [0.15, 0.2) is 11.5 Å². The van der Waals surface area contributed by atoms with Gasteiger partial charge in [-0.15, -0.1) is 0 Å². The molecule has 18 heavy (non-hydrogen) atoms. The summed E-state index contributed by atoms with van der Waals surface area (Å²) in [6, 6.07) is 5.29. The smallest absolute Gasteiger partial charge is 0.243 e. The van der Waals surface area contributed by atoms with Crippen molar-refractivity contribution in [3.63, 3.8) is 0 Å². The van der Waals surface area contributed by atoms with Crippen molar-refractivity contribution in [3.8, 4) is 22.9 Å². The van der Waals surface area contributed by atoms with Crippen LogP contribution in [-0.4, -0.2) is 16.9 Å². The van der Waals surface area contributed by atoms with Crippen molar-refractivity contribution in [1.82, 2.24) is 10.1 Å². The van der Waals surface area contributed by atoms with E-state index in [0.717, 1.165) is 17.7 Å². The first kappa shape index (κ1) is 11.0. The second-order valence-corrected chi connectivity index (χ2v) is 4.04. The monoisotopic (exact) mass is 247 g/mol. The molecule has 2 heterocycles. The van der Waals surface area contributed by atoms with E-state index in [1.807, 2.05) is 25.1 Å². The van der Waals surface area contributed by atoms with Crippen LogP contribution in [0.1, 0.15) is 25.3 Å². The van der Waals surface area contributed by atoms with E-state index in [9.17, 15) is 0 Å². The third kappa shape index (κ3) is 1.80. The molecule has 1 unspecified atom stereocenters. The largest absolute Gasteiger partial charge is 0.454 e. The molecule has 0 spiro atoms. The fraction of sp³-hybridized carbons (Fsp3) is 0.333. The van der Waals surface area contributed by atoms with Crippen LogP contribution >= 0.6 is 0 Å². The summed E-state index contributed by atoms with van der Waals surface area (Å²) in [5.74, 6) is 2.38. The third-order valence-electron chi connectivity index (χ3n) is 2.83. The van der Waals surface area contributed by atoms with Gasteiger partial charge in [0, 0.05) is 5.56 Å². The number of nitrogens with two attached hydrogens (primary N) is 1. The molecule has 0 saturated heterocycles. The number of aromatic nitrogens is 2. The first-order chi connectivity index (χ1) is 8.78. The van der Waals surface area contributed by atoms with Gasteiger partial charge in [-0.25, -0.2) is 0 Å². The third-order valence-corrected chi connectivity index (χ3v) is 2.83. The molecule has 3 rings (SSSR count). The summed E-state index contributed by atoms with van der Waals surface area (Å²) in [5, 5.41) is 3.92. The second kappa shape index (κ2) is 4.30. The van der Waals surface area contributed by atoms with Crippen LogP contribution in [0, 0.1) is 0 Å². The topological polar surface area (TPSA) is 83.4 Å². The summed E-state index contributed by atoms with van der Waals surface area (Å²) in [6.07, 6.45) is 0.753. The standard InChI is InChI=1S/C12H13N3O3/c1-2-8(13)12-14-11(15-18-12)7-3-4-9-10(5-7)17-6-16-9/h3-5,8H,2,6,13H2,1H3. The summed E-state index contributed by atoms with van der Waals surface area (Å²) < 4.78 is 15.7. The normalized spacial score (nSPS) is 14.8. The predicted molar refractivity (Wildman–Crippen MR) is 63.1 cm³/mol. The number of fused-ring (bicyclic) bond motifs is 1. The highest BCUT2D eigenvalue weighted by molar-refractivity contribution is 5.61. The van der Waals surface area contributed by atoms with Gasteiger partial charge in [-0.2, -0.15) is 4.98 Å². The first-order valence-electron chi connectivity index (χ1n) is 5.77. The zero-order valence-corrected chi connectivity index (χ0v) is 9.92. The molecular weight excluding hydrogens is 234 g/mol. The zero-order valence-electron chi connectivity index (χ0n) is 9.92. The summed E-state index contributed by atoms with van der Waals surface area (Å²) in [6.45, 7) is 2.21. The molecule has 1 aromatic heterocycles. The molecular formula is C12H13N3O3. The van der Waals surface area contributed by atoms with Crippen LogP contribution in [-0.2, 0) is 0 Å². The lowest BCUT2D eigenvalue weighted by Gasteiger charge is -1.99. The lowest BCUT2D eigenvalue weighted by atomic mass is 10.2. The lowest BCUT2D eigenvalue weighted by Crippen LogP contribution is -2.08. The highest BCUT2D eigenvalue weighted by Crippen LogP contribution is 2.35. The minimum Gasteiger partial charge on any atom is -0.454 e. The molecule has 0 amide bonds. The molecule has 2 N–H and O–H groups in total. The molecule has 1 aromatic carbocycles. The van der Waals surface area contributed by atoms with Crippen molar-refractivity contribution in [3.05, 3.63) is 24.1 Å². The van der Waals surface area contributed by atoms with E-state index >= 15 is 0 Å². The highest BCUT2D eigenvalue weighted by atomic mass is 16.7. The summed E-state index contributed by atoms with van der Waals surface area (Å²) in [5.41, 5.74) is 6.65. The number of benzene rings is 1. The van der Waals surface area contributed by atoms with Gasteiger partial charge in [-0.1, -0.05) is 12.1 Å². The number of hydrogen-bond donors (Lipinski definition) is 1. The molecule has 0 saturated carbocycles. The Labute approximate surface area is 104 Å². The number of ether oxygens (including phenoxy) is 2. The minimum absolute atomic E-state index is 0.222. The van der Waals surface area contributed by atoms with Gasteiger partial charge in [-0.3, -0.25) is 0 Å². The summed E-state index contributed by atoms with van der Waals surface area (Å²) in [7, 11) is 0. The Morgan fingerprint density at radius 2 is 2.17 bits per heavy atom. The summed E-state index contributed by atoms with van der Waals surface area (Å²) in [4.78, 5) is 4.28. The van der Waals surface area contributed by atoms with Gasteiger partial charge < -0.3 is 19.7 Å². The Morgan fingerprint density at radius 3 is 3.00 bits per heavy atom. The summed E-state index contributed by atoms with van der Waals surface area (Å²) >= 11 is 0. The van der Waals surface area contributed by atoms with Crippen LogP contribution in [0.2, 0.25) is 0 Å². The van der Waals surface area contributed by atoms with E-state index in [2.05, 4.69) is 10.1 Å². The Balaban J connectivity index is 1.92. The molecule has 94 valence electrons. The van der Waals surface area contributed by atoms with Crippen LogP contribution in [0.5, 0.6) is 11.5 Å². The van der Waals surface area contributed by atoms with Crippen LogP contribution in [0.15, 0.2) is 22.7 Å². The molecule has 2 aromatic rings. The number of nitrogens with zero attached hydrogens (tertiary/aromatic N) is 2. The van der Waals surface area contributed by atoms with Gasteiger partial charge in [-0.05, 0) is 24.6 Å². The highest BCUT2D eigenvalue weighted by Gasteiger charge is 2.18. The molecule has 1 atom stereocenters. The van der Waals surface area contributed by atoms with Gasteiger partial charge >= 0.3 is 0 Å². The van der Waals surface area contributed by atoms with Gasteiger partial charge in [0.05, 0.1) is 6.04 Å². The van der Waals surface area contributed by atoms with E-state index in [1.54, 1.807) is 0 Å². The maximum atomic E-state index is 5.83. The SMILES string of the molecule is CCC(N)c1nc(-c2ccc3c(c2)OCO3)no1. The quantitative estimate of drug-likeness (QED) is 0.891. The minimum atomic E-state index is -0.222. The fourth-order valence-corrected chi connectivity index (χ4v) is 1.71. The van der Waals surface area contributed by atoms with Crippen molar-refractivity contribution in [2.75, 3.05) is 6.79 Å². The van der Waals surface area contributed by atoms with Crippen LogP contribution < -0.4 is 15.2 Å². The molecule has 0 bridgehead atoms. The van der Waals surface area contributed by atoms with Gasteiger partial charge in [0.2, 0.25) is 18.5 Å². The fourth-order valence-electron chi connectivity index (χ4n) is 1.71. The van der Waals surface area contributed by atoms with Crippen LogP contribution in [0.25, 0.3) is 11.4 Å². The van der Waals surface area contributed by atoms with Crippen molar-refractivity contribution in [2.24, 2.45) is 5.73 Å². The van der Waals surface area contributed by atoms with Gasteiger partial charge in [0.25, 0.3) is 0 Å². The Morgan fingerprint density at radius 1 is 1.33 bits per heavy atom. The van der Waals surface area contributed by atoms with Crippen molar-refractivity contribution in [2.45, 2.75) is 19.4 Å². The van der Waals surface area contributed by atoms with E-state index in [-0.39, 0.29) is 12.8 Å². The molecule has 1 aliphatic rings. The first-order valence-corrected chi connectivity index (χ1v) is 5.77. The molecule has 1 aliphatic heterocycles. The molecule has 6 nitrogen and oxygen atoms in total. The Bertz CT molecular complexity index is 567. The van der Waals surface area contributed by atoms with E-state index in [0.29, 0.717) is 17.5 Å². The number of rotatable bonds is 3. The van der Waals surface area contributed by atoms with Crippen molar-refractivity contribution >= 4 is 0 Å². The Hall–Kier alpha value is -2.08. The van der Waals surface area contributed by atoms with E-state index in [4.69, 9.17) is 19.7 Å². The van der Waals surface area contributed by atoms with Crippen molar-refractivity contribution < 1.29 is 14.0 Å². The molecule has 0 aliphatic carbocycles. The van der Waals surface area contributed by atoms with Crippen LogP contribution in [0.3, 0.4) is 0 Å². The second-order valence-electron chi connectivity index (χ2n) is 4.04. The van der Waals surface area contributed by atoms with Crippen molar-refractivity contribution in [1.29, 1.82) is 0 Å². The molecule has 0 radical (unpaired) electrons. The van der Waals surface area contributed by atoms with Crippen LogP contribution in [0.4, 0.5) is 0 Å². The van der Waals surface area contributed by atoms with E-state index in [1.165, 1.54) is 0 Å². The average molecular weight is 247 g/mol. The zero-order chi connectivity index (χ0) is 12.5. The lowest BCUT2D eigenvalue weighted by molar-refractivity contribution is 0.174. The van der Waals surface area contributed by atoms with Gasteiger partial charge in [0.1, 0.15) is 0 Å². The maximum absolute atomic E-state index is 5.83. The average Bonchev–Trinajstić information content (AvgIpc) is 3.05. The molecule has 0 fully saturated rings. The Kier molecular flexibility index (Phi) is 2.64. The number of hydrogen-bond acceptors (Lipinski definition) is 6. The predicted octanol–water partition coefficient (Wildman–Crippen LogP) is 1.88. The molecule has 6 heteroatoms.